The molecule has 29 heavy (non-hydrogen) atoms. The SMILES string of the molecule is O=[N+]([O-])c1ccc(C2OC(c3ccccc3)N3C2=COC3c2ccccc2)cc1. The van der Waals surface area contributed by atoms with Crippen LogP contribution in [0.1, 0.15) is 35.3 Å². The van der Waals surface area contributed by atoms with E-state index < -0.39 is 4.92 Å². The molecule has 1 fully saturated rings. The first-order valence-electron chi connectivity index (χ1n) is 9.36. The third kappa shape index (κ3) is 3.03. The summed E-state index contributed by atoms with van der Waals surface area (Å²) in [6.45, 7) is 0. The standard InChI is InChI=1S/C23H18N2O4/c26-25(27)19-13-11-16(12-14-19)21-20-15-28-22(17-7-3-1-4-8-17)24(20)23(29-21)18-9-5-2-6-10-18/h1-15,21-23H. The topological polar surface area (TPSA) is 64.8 Å². The highest BCUT2D eigenvalue weighted by molar-refractivity contribution is 5.39. The van der Waals surface area contributed by atoms with Gasteiger partial charge < -0.3 is 14.4 Å². The van der Waals surface area contributed by atoms with Gasteiger partial charge in [0.05, 0.1) is 10.6 Å². The van der Waals surface area contributed by atoms with Gasteiger partial charge in [-0.3, -0.25) is 10.1 Å². The third-order valence-corrected chi connectivity index (χ3v) is 5.23. The van der Waals surface area contributed by atoms with Crippen molar-refractivity contribution >= 4 is 5.69 Å². The molecule has 3 unspecified atom stereocenters. The maximum absolute atomic E-state index is 11.0. The number of fused-ring (bicyclic) bond motifs is 1. The smallest absolute Gasteiger partial charge is 0.269 e. The van der Waals surface area contributed by atoms with E-state index in [2.05, 4.69) is 4.90 Å². The first kappa shape index (κ1) is 17.5. The van der Waals surface area contributed by atoms with Crippen LogP contribution in [0.2, 0.25) is 0 Å². The van der Waals surface area contributed by atoms with Crippen molar-refractivity contribution in [3.8, 4) is 0 Å². The molecule has 6 heteroatoms. The molecule has 0 aromatic heterocycles. The largest absolute Gasteiger partial charge is 0.472 e. The predicted octanol–water partition coefficient (Wildman–Crippen LogP) is 5.24. The highest BCUT2D eigenvalue weighted by atomic mass is 16.6. The van der Waals surface area contributed by atoms with Crippen LogP contribution in [0.5, 0.6) is 0 Å². The molecule has 0 aliphatic carbocycles. The summed E-state index contributed by atoms with van der Waals surface area (Å²) in [5, 5.41) is 11.0. The fourth-order valence-electron chi connectivity index (χ4n) is 3.85. The Kier molecular flexibility index (Phi) is 4.26. The zero-order valence-corrected chi connectivity index (χ0v) is 15.4. The van der Waals surface area contributed by atoms with Gasteiger partial charge in [0.15, 0.2) is 12.5 Å². The molecular weight excluding hydrogens is 368 g/mol. The summed E-state index contributed by atoms with van der Waals surface area (Å²) in [6.07, 6.45) is 0.761. The lowest BCUT2D eigenvalue weighted by Crippen LogP contribution is -2.25. The summed E-state index contributed by atoms with van der Waals surface area (Å²) in [5.74, 6) is 0. The van der Waals surface area contributed by atoms with Crippen LogP contribution >= 0.6 is 0 Å². The molecule has 2 heterocycles. The first-order chi connectivity index (χ1) is 14.2. The van der Waals surface area contributed by atoms with E-state index >= 15 is 0 Å². The lowest BCUT2D eigenvalue weighted by atomic mass is 10.1. The molecule has 6 nitrogen and oxygen atoms in total. The van der Waals surface area contributed by atoms with Crippen molar-refractivity contribution < 1.29 is 14.4 Å². The normalized spacial score (nSPS) is 22.7. The number of hydrogen-bond acceptors (Lipinski definition) is 5. The Morgan fingerprint density at radius 1 is 0.759 bits per heavy atom. The Morgan fingerprint density at radius 3 is 1.93 bits per heavy atom. The fourth-order valence-corrected chi connectivity index (χ4v) is 3.85. The number of benzene rings is 3. The van der Waals surface area contributed by atoms with E-state index in [9.17, 15) is 10.1 Å². The van der Waals surface area contributed by atoms with Crippen LogP contribution in [0.15, 0.2) is 96.9 Å². The van der Waals surface area contributed by atoms with Gasteiger partial charge in [0.2, 0.25) is 0 Å². The molecule has 0 bridgehead atoms. The molecule has 1 saturated heterocycles. The number of ether oxygens (including phenoxy) is 2. The number of rotatable bonds is 4. The van der Waals surface area contributed by atoms with Gasteiger partial charge in [-0.1, -0.05) is 60.7 Å². The number of nitro groups is 1. The van der Waals surface area contributed by atoms with E-state index in [0.29, 0.717) is 0 Å². The Labute approximate surface area is 167 Å². The number of nitrogens with zero attached hydrogens (tertiary/aromatic N) is 2. The summed E-state index contributed by atoms with van der Waals surface area (Å²) in [4.78, 5) is 12.7. The van der Waals surface area contributed by atoms with Crippen molar-refractivity contribution in [2.45, 2.75) is 18.6 Å². The number of nitro benzene ring substituents is 1. The minimum atomic E-state index is -0.401. The summed E-state index contributed by atoms with van der Waals surface area (Å²) in [6, 6.07) is 26.5. The quantitative estimate of drug-likeness (QED) is 0.453. The Balaban J connectivity index is 1.54. The van der Waals surface area contributed by atoms with E-state index in [0.717, 1.165) is 22.4 Å². The predicted molar refractivity (Wildman–Crippen MR) is 106 cm³/mol. The Bertz CT molecular complexity index is 1050. The van der Waals surface area contributed by atoms with Gasteiger partial charge in [0.1, 0.15) is 12.4 Å². The van der Waals surface area contributed by atoms with E-state index in [1.54, 1.807) is 18.4 Å². The lowest BCUT2D eigenvalue weighted by molar-refractivity contribution is -0.384. The maximum Gasteiger partial charge on any atom is 0.269 e. The minimum absolute atomic E-state index is 0.0574. The van der Waals surface area contributed by atoms with Gasteiger partial charge in [-0.25, -0.2) is 0 Å². The van der Waals surface area contributed by atoms with Crippen molar-refractivity contribution in [2.75, 3.05) is 0 Å². The Hall–Kier alpha value is -3.64. The van der Waals surface area contributed by atoms with E-state index in [1.165, 1.54) is 12.1 Å². The third-order valence-electron chi connectivity index (χ3n) is 5.23. The van der Waals surface area contributed by atoms with Crippen LogP contribution in [0.4, 0.5) is 5.69 Å². The number of hydrogen-bond donors (Lipinski definition) is 0. The zero-order valence-electron chi connectivity index (χ0n) is 15.4. The van der Waals surface area contributed by atoms with E-state index in [4.69, 9.17) is 9.47 Å². The van der Waals surface area contributed by atoms with Gasteiger partial charge in [-0.15, -0.1) is 0 Å². The van der Waals surface area contributed by atoms with Crippen LogP contribution < -0.4 is 0 Å². The molecule has 2 aliphatic heterocycles. The second-order valence-electron chi connectivity index (χ2n) is 6.98. The van der Waals surface area contributed by atoms with Crippen LogP contribution in [0.3, 0.4) is 0 Å². The summed E-state index contributed by atoms with van der Waals surface area (Å²) in [5.41, 5.74) is 3.87. The van der Waals surface area contributed by atoms with Crippen LogP contribution in [-0.2, 0) is 9.47 Å². The molecule has 0 amide bonds. The van der Waals surface area contributed by atoms with Crippen LogP contribution in [0.25, 0.3) is 0 Å². The molecular formula is C23H18N2O4. The summed E-state index contributed by atoms with van der Waals surface area (Å²) in [7, 11) is 0. The van der Waals surface area contributed by atoms with Crippen molar-refractivity contribution in [3.63, 3.8) is 0 Å². The lowest BCUT2D eigenvalue weighted by Gasteiger charge is -2.28. The fraction of sp³-hybridized carbons (Fsp3) is 0.130. The molecule has 3 atom stereocenters. The van der Waals surface area contributed by atoms with Gasteiger partial charge in [-0.05, 0) is 17.7 Å². The molecule has 144 valence electrons. The van der Waals surface area contributed by atoms with Crippen LogP contribution in [0, 0.1) is 10.1 Å². The first-order valence-corrected chi connectivity index (χ1v) is 9.36. The minimum Gasteiger partial charge on any atom is -0.472 e. The second-order valence-corrected chi connectivity index (χ2v) is 6.98. The van der Waals surface area contributed by atoms with Crippen LogP contribution in [-0.4, -0.2) is 9.82 Å². The van der Waals surface area contributed by atoms with E-state index in [1.807, 2.05) is 60.7 Å². The molecule has 3 aromatic rings. The van der Waals surface area contributed by atoms with Gasteiger partial charge in [0, 0.05) is 23.3 Å². The molecule has 0 saturated carbocycles. The molecule has 2 aliphatic rings. The number of non-ortho nitro benzene ring substituents is 1. The molecule has 0 spiro atoms. The van der Waals surface area contributed by atoms with Crippen molar-refractivity contribution in [3.05, 3.63) is 124 Å². The van der Waals surface area contributed by atoms with Gasteiger partial charge in [-0.2, -0.15) is 0 Å². The highest BCUT2D eigenvalue weighted by Crippen LogP contribution is 2.52. The zero-order chi connectivity index (χ0) is 19.8. The maximum atomic E-state index is 11.0. The Morgan fingerprint density at radius 2 is 1.34 bits per heavy atom. The van der Waals surface area contributed by atoms with Gasteiger partial charge >= 0.3 is 0 Å². The van der Waals surface area contributed by atoms with Gasteiger partial charge in [0.25, 0.3) is 5.69 Å². The monoisotopic (exact) mass is 386 g/mol. The summed E-state index contributed by atoms with van der Waals surface area (Å²) >= 11 is 0. The van der Waals surface area contributed by atoms with E-state index in [-0.39, 0.29) is 24.2 Å². The van der Waals surface area contributed by atoms with Crippen molar-refractivity contribution in [1.29, 1.82) is 0 Å². The average Bonchev–Trinajstić information content (AvgIpc) is 3.36. The average molecular weight is 386 g/mol. The summed E-state index contributed by atoms with van der Waals surface area (Å²) < 4.78 is 12.5. The highest BCUT2D eigenvalue weighted by Gasteiger charge is 2.47. The molecule has 0 N–H and O–H groups in total. The molecule has 3 aromatic carbocycles. The second kappa shape index (κ2) is 7.07. The molecule has 0 radical (unpaired) electrons. The molecule has 5 rings (SSSR count). The van der Waals surface area contributed by atoms with Crippen molar-refractivity contribution in [1.82, 2.24) is 4.90 Å². The van der Waals surface area contributed by atoms with Crippen molar-refractivity contribution in [2.24, 2.45) is 0 Å².